The van der Waals surface area contributed by atoms with Crippen molar-refractivity contribution in [1.29, 1.82) is 0 Å². The Labute approximate surface area is 91.6 Å². The average molecular weight is 258 g/mol. The van der Waals surface area contributed by atoms with Crippen molar-refractivity contribution in [2.24, 2.45) is 0 Å². The fourth-order valence-corrected chi connectivity index (χ4v) is 1.79. The van der Waals surface area contributed by atoms with Crippen molar-refractivity contribution in [2.75, 3.05) is 6.61 Å². The molecule has 3 nitrogen and oxygen atoms in total. The molecule has 1 aromatic rings. The molecule has 0 spiro atoms. The first-order valence-corrected chi connectivity index (χ1v) is 5.30. The maximum absolute atomic E-state index is 5.68. The van der Waals surface area contributed by atoms with Crippen LogP contribution in [-0.4, -0.2) is 17.4 Å². The van der Waals surface area contributed by atoms with Crippen molar-refractivity contribution in [2.45, 2.75) is 25.7 Å². The number of nitrogens with zero attached hydrogens (tertiary/aromatic N) is 1. The van der Waals surface area contributed by atoms with E-state index in [9.17, 15) is 0 Å². The Kier molecular flexibility index (Phi) is 2.60. The van der Waals surface area contributed by atoms with Gasteiger partial charge in [0.15, 0.2) is 5.79 Å². The zero-order valence-corrected chi connectivity index (χ0v) is 9.74. The molecule has 0 bridgehead atoms. The van der Waals surface area contributed by atoms with Gasteiger partial charge in [-0.2, -0.15) is 0 Å². The summed E-state index contributed by atoms with van der Waals surface area (Å²) in [7, 11) is 0. The van der Waals surface area contributed by atoms with Gasteiger partial charge in [-0.25, -0.2) is 4.98 Å². The third-order valence-electron chi connectivity index (χ3n) is 2.07. The largest absolute Gasteiger partial charge is 0.347 e. The summed E-state index contributed by atoms with van der Waals surface area (Å²) >= 11 is 3.33. The van der Waals surface area contributed by atoms with Gasteiger partial charge in [0, 0.05) is 0 Å². The van der Waals surface area contributed by atoms with Crippen LogP contribution in [0.4, 0.5) is 0 Å². The van der Waals surface area contributed by atoms with Gasteiger partial charge in [0.25, 0.3) is 0 Å². The summed E-state index contributed by atoms with van der Waals surface area (Å²) in [4.78, 5) is 4.33. The molecular formula is C10H12BrNO2. The van der Waals surface area contributed by atoms with E-state index in [2.05, 4.69) is 20.9 Å². The van der Waals surface area contributed by atoms with Crippen molar-refractivity contribution >= 4 is 15.9 Å². The van der Waals surface area contributed by atoms with Gasteiger partial charge >= 0.3 is 0 Å². The van der Waals surface area contributed by atoms with E-state index in [-0.39, 0.29) is 6.10 Å². The lowest BCUT2D eigenvalue weighted by Gasteiger charge is -2.16. The van der Waals surface area contributed by atoms with Crippen molar-refractivity contribution in [3.63, 3.8) is 0 Å². The third kappa shape index (κ3) is 2.13. The summed E-state index contributed by atoms with van der Waals surface area (Å²) in [6.45, 7) is 4.38. The SMILES string of the molecule is CC1(C)OCC(c2cccc(Br)n2)O1. The minimum absolute atomic E-state index is 0.0532. The van der Waals surface area contributed by atoms with Crippen LogP contribution in [-0.2, 0) is 9.47 Å². The molecule has 1 saturated heterocycles. The standard InChI is InChI=1S/C10H12BrNO2/c1-10(2)13-6-8(14-10)7-4-3-5-9(11)12-7/h3-5,8H,6H2,1-2H3. The van der Waals surface area contributed by atoms with E-state index in [1.54, 1.807) is 0 Å². The Balaban J connectivity index is 2.17. The van der Waals surface area contributed by atoms with Gasteiger partial charge in [-0.3, -0.25) is 0 Å². The molecule has 0 radical (unpaired) electrons. The molecule has 1 unspecified atom stereocenters. The van der Waals surface area contributed by atoms with Gasteiger partial charge in [-0.05, 0) is 41.9 Å². The maximum atomic E-state index is 5.68. The Bertz CT molecular complexity index is 341. The minimum Gasteiger partial charge on any atom is -0.347 e. The predicted octanol–water partition coefficient (Wildman–Crippen LogP) is 2.67. The lowest BCUT2D eigenvalue weighted by atomic mass is 10.2. The Hall–Kier alpha value is -0.450. The Morgan fingerprint density at radius 3 is 2.86 bits per heavy atom. The van der Waals surface area contributed by atoms with Gasteiger partial charge < -0.3 is 9.47 Å². The molecular weight excluding hydrogens is 246 g/mol. The van der Waals surface area contributed by atoms with Crippen LogP contribution in [0.3, 0.4) is 0 Å². The highest BCUT2D eigenvalue weighted by Crippen LogP contribution is 2.32. The molecule has 4 heteroatoms. The molecule has 2 rings (SSSR count). The summed E-state index contributed by atoms with van der Waals surface area (Å²) in [5.74, 6) is -0.491. The summed E-state index contributed by atoms with van der Waals surface area (Å²) in [5, 5.41) is 0. The molecule has 14 heavy (non-hydrogen) atoms. The lowest BCUT2D eigenvalue weighted by Crippen LogP contribution is -2.19. The molecule has 2 heterocycles. The van der Waals surface area contributed by atoms with Gasteiger partial charge in [0.05, 0.1) is 12.3 Å². The molecule has 1 aliphatic heterocycles. The third-order valence-corrected chi connectivity index (χ3v) is 2.52. The molecule has 0 aliphatic carbocycles. The summed E-state index contributed by atoms with van der Waals surface area (Å²) in [6.07, 6.45) is -0.0532. The molecule has 0 saturated carbocycles. The number of halogens is 1. The fourth-order valence-electron chi connectivity index (χ4n) is 1.44. The van der Waals surface area contributed by atoms with E-state index in [0.717, 1.165) is 10.3 Å². The first-order valence-electron chi connectivity index (χ1n) is 4.51. The monoisotopic (exact) mass is 257 g/mol. The van der Waals surface area contributed by atoms with Crippen molar-refractivity contribution < 1.29 is 9.47 Å². The van der Waals surface area contributed by atoms with Crippen LogP contribution in [0.2, 0.25) is 0 Å². The Morgan fingerprint density at radius 2 is 2.29 bits per heavy atom. The van der Waals surface area contributed by atoms with Crippen LogP contribution in [0.25, 0.3) is 0 Å². The molecule has 76 valence electrons. The highest BCUT2D eigenvalue weighted by molar-refractivity contribution is 9.10. The van der Waals surface area contributed by atoms with E-state index in [1.807, 2.05) is 32.0 Å². The number of rotatable bonds is 1. The number of hydrogen-bond donors (Lipinski definition) is 0. The summed E-state index contributed by atoms with van der Waals surface area (Å²) in [6, 6.07) is 5.78. The summed E-state index contributed by atoms with van der Waals surface area (Å²) < 4.78 is 12.0. The zero-order valence-electron chi connectivity index (χ0n) is 8.16. The first kappa shape index (κ1) is 10.1. The average Bonchev–Trinajstić information content (AvgIpc) is 2.46. The van der Waals surface area contributed by atoms with E-state index in [0.29, 0.717) is 6.61 Å². The van der Waals surface area contributed by atoms with Crippen LogP contribution in [0.15, 0.2) is 22.8 Å². The van der Waals surface area contributed by atoms with Crippen LogP contribution < -0.4 is 0 Å². The van der Waals surface area contributed by atoms with Crippen molar-refractivity contribution in [1.82, 2.24) is 4.98 Å². The van der Waals surface area contributed by atoms with Crippen LogP contribution in [0, 0.1) is 0 Å². The highest BCUT2D eigenvalue weighted by Gasteiger charge is 2.34. The van der Waals surface area contributed by atoms with E-state index < -0.39 is 5.79 Å². The second-order valence-electron chi connectivity index (χ2n) is 3.70. The smallest absolute Gasteiger partial charge is 0.163 e. The topological polar surface area (TPSA) is 31.4 Å². The van der Waals surface area contributed by atoms with Gasteiger partial charge in [0.2, 0.25) is 0 Å². The van der Waals surface area contributed by atoms with Crippen molar-refractivity contribution in [3.8, 4) is 0 Å². The van der Waals surface area contributed by atoms with Crippen LogP contribution in [0.5, 0.6) is 0 Å². The quantitative estimate of drug-likeness (QED) is 0.726. The highest BCUT2D eigenvalue weighted by atomic mass is 79.9. The second kappa shape index (κ2) is 3.61. The van der Waals surface area contributed by atoms with Crippen molar-refractivity contribution in [3.05, 3.63) is 28.5 Å². The molecule has 0 N–H and O–H groups in total. The number of hydrogen-bond acceptors (Lipinski definition) is 3. The van der Waals surface area contributed by atoms with Crippen LogP contribution in [0.1, 0.15) is 25.6 Å². The number of aromatic nitrogens is 1. The molecule has 1 aliphatic rings. The summed E-state index contributed by atoms with van der Waals surface area (Å²) in [5.41, 5.74) is 0.907. The van der Waals surface area contributed by atoms with Gasteiger partial charge in [-0.15, -0.1) is 0 Å². The molecule has 0 aromatic carbocycles. The fraction of sp³-hybridized carbons (Fsp3) is 0.500. The molecule has 1 aromatic heterocycles. The predicted molar refractivity (Wildman–Crippen MR) is 55.8 cm³/mol. The Morgan fingerprint density at radius 1 is 1.50 bits per heavy atom. The number of ether oxygens (including phenoxy) is 2. The molecule has 1 atom stereocenters. The lowest BCUT2D eigenvalue weighted by molar-refractivity contribution is -0.139. The zero-order chi connectivity index (χ0) is 10.2. The van der Waals surface area contributed by atoms with Gasteiger partial charge in [-0.1, -0.05) is 6.07 Å². The first-order chi connectivity index (χ1) is 6.57. The second-order valence-corrected chi connectivity index (χ2v) is 4.51. The number of pyridine rings is 1. The van der Waals surface area contributed by atoms with E-state index in [1.165, 1.54) is 0 Å². The molecule has 1 fully saturated rings. The minimum atomic E-state index is -0.491. The molecule has 0 amide bonds. The van der Waals surface area contributed by atoms with Gasteiger partial charge in [0.1, 0.15) is 10.7 Å². The normalized spacial score (nSPS) is 25.2. The van der Waals surface area contributed by atoms with Crippen LogP contribution >= 0.6 is 15.9 Å². The maximum Gasteiger partial charge on any atom is 0.163 e. The van der Waals surface area contributed by atoms with E-state index >= 15 is 0 Å². The van der Waals surface area contributed by atoms with E-state index in [4.69, 9.17) is 9.47 Å².